The standard InChI is InChI=1S/C36H35F3N8O4/c1-2-21-51-22-20-40-33-44-34(42-26-14-12-25(13-15-26)31(48)41-23-24-8-4-3-5-9-24)46-35(45-33)43-27-16-18-28(19-17-27)47(50)32(49)29-10-6-7-11-30(29)36(37,38)39/h3-19,50H,2,20-23H2,1H3,(H,41,48)(H3,40,42,43,44,45,46). The number of nitrogens with one attached hydrogen (secondary N) is 4. The first-order chi connectivity index (χ1) is 24.6. The second-order valence-corrected chi connectivity index (χ2v) is 11.0. The van der Waals surface area contributed by atoms with Crippen LogP contribution in [0, 0.1) is 0 Å². The molecule has 1 aromatic heterocycles. The maximum Gasteiger partial charge on any atom is 0.417 e. The molecule has 0 saturated heterocycles. The van der Waals surface area contributed by atoms with Gasteiger partial charge in [-0.05, 0) is 72.6 Å². The van der Waals surface area contributed by atoms with Crippen LogP contribution in [0.1, 0.15) is 45.2 Å². The number of amides is 2. The molecule has 0 aliphatic carbocycles. The minimum absolute atomic E-state index is 0.0628. The zero-order valence-corrected chi connectivity index (χ0v) is 27.4. The predicted molar refractivity (Wildman–Crippen MR) is 187 cm³/mol. The molecule has 1 heterocycles. The van der Waals surface area contributed by atoms with Gasteiger partial charge < -0.3 is 26.0 Å². The van der Waals surface area contributed by atoms with Crippen molar-refractivity contribution in [2.75, 3.05) is 40.8 Å². The number of alkyl halides is 3. The van der Waals surface area contributed by atoms with Crippen LogP contribution in [0.4, 0.5) is 48.1 Å². The van der Waals surface area contributed by atoms with Gasteiger partial charge in [0.1, 0.15) is 0 Å². The van der Waals surface area contributed by atoms with Crippen molar-refractivity contribution in [1.82, 2.24) is 20.3 Å². The molecule has 4 aromatic carbocycles. The molecule has 0 aliphatic heterocycles. The van der Waals surface area contributed by atoms with Gasteiger partial charge in [0, 0.05) is 36.6 Å². The lowest BCUT2D eigenvalue weighted by Gasteiger charge is -2.18. The highest BCUT2D eigenvalue weighted by Crippen LogP contribution is 2.33. The maximum absolute atomic E-state index is 13.4. The molecule has 264 valence electrons. The zero-order valence-electron chi connectivity index (χ0n) is 27.4. The van der Waals surface area contributed by atoms with Gasteiger partial charge in [-0.15, -0.1) is 0 Å². The van der Waals surface area contributed by atoms with Gasteiger partial charge in [-0.3, -0.25) is 14.8 Å². The highest BCUT2D eigenvalue weighted by molar-refractivity contribution is 6.05. The molecule has 5 N–H and O–H groups in total. The first-order valence-electron chi connectivity index (χ1n) is 15.9. The van der Waals surface area contributed by atoms with Gasteiger partial charge in [0.15, 0.2) is 0 Å². The molecule has 0 bridgehead atoms. The molecule has 0 aliphatic rings. The van der Waals surface area contributed by atoms with Crippen molar-refractivity contribution in [3.8, 4) is 0 Å². The molecule has 0 unspecified atom stereocenters. The van der Waals surface area contributed by atoms with E-state index in [4.69, 9.17) is 4.74 Å². The Morgan fingerprint density at radius 2 is 1.35 bits per heavy atom. The summed E-state index contributed by atoms with van der Waals surface area (Å²) in [5.41, 5.74) is 0.585. The molecule has 0 radical (unpaired) electrons. The Morgan fingerprint density at radius 3 is 1.98 bits per heavy atom. The molecule has 0 fully saturated rings. The van der Waals surface area contributed by atoms with E-state index in [9.17, 15) is 28.0 Å². The van der Waals surface area contributed by atoms with Crippen LogP contribution in [-0.4, -0.2) is 51.7 Å². The first kappa shape index (κ1) is 36.2. The highest BCUT2D eigenvalue weighted by Gasteiger charge is 2.36. The normalized spacial score (nSPS) is 11.1. The van der Waals surface area contributed by atoms with E-state index in [-0.39, 0.29) is 34.5 Å². The third-order valence-corrected chi connectivity index (χ3v) is 7.24. The number of hydrogen-bond acceptors (Lipinski definition) is 10. The van der Waals surface area contributed by atoms with Crippen LogP contribution < -0.4 is 26.3 Å². The molecule has 5 rings (SSSR count). The number of nitrogens with zero attached hydrogens (tertiary/aromatic N) is 4. The van der Waals surface area contributed by atoms with Gasteiger partial charge in [0.2, 0.25) is 17.8 Å². The van der Waals surface area contributed by atoms with E-state index in [0.717, 1.165) is 30.2 Å². The van der Waals surface area contributed by atoms with Gasteiger partial charge in [0.25, 0.3) is 11.8 Å². The minimum atomic E-state index is -4.78. The van der Waals surface area contributed by atoms with Crippen molar-refractivity contribution in [2.24, 2.45) is 0 Å². The summed E-state index contributed by atoms with van der Waals surface area (Å²) in [5, 5.41) is 22.8. The summed E-state index contributed by atoms with van der Waals surface area (Å²) in [6.45, 7) is 3.86. The number of aromatic nitrogens is 3. The van der Waals surface area contributed by atoms with Crippen LogP contribution in [0.5, 0.6) is 0 Å². The van der Waals surface area contributed by atoms with Gasteiger partial charge in [-0.1, -0.05) is 49.4 Å². The number of halogens is 3. The fourth-order valence-corrected chi connectivity index (χ4v) is 4.73. The number of carbonyl (C=O) groups is 2. The largest absolute Gasteiger partial charge is 0.417 e. The van der Waals surface area contributed by atoms with Crippen LogP contribution in [0.2, 0.25) is 0 Å². The Kier molecular flexibility index (Phi) is 12.1. The highest BCUT2D eigenvalue weighted by atomic mass is 19.4. The summed E-state index contributed by atoms with van der Waals surface area (Å²) in [7, 11) is 0. The molecule has 0 spiro atoms. The number of anilines is 6. The van der Waals surface area contributed by atoms with Crippen molar-refractivity contribution in [1.29, 1.82) is 0 Å². The molecule has 15 heteroatoms. The SMILES string of the molecule is CCCOCCNc1nc(Nc2ccc(C(=O)NCc3ccccc3)cc2)nc(Nc2ccc(N(O)C(=O)c3ccccc3C(F)(F)F)cc2)n1. The number of benzene rings is 4. The molecule has 51 heavy (non-hydrogen) atoms. The lowest BCUT2D eigenvalue weighted by molar-refractivity contribution is -0.137. The number of ether oxygens (including phenoxy) is 1. The number of hydroxylamine groups is 1. The van der Waals surface area contributed by atoms with Crippen molar-refractivity contribution < 1.29 is 32.7 Å². The first-order valence-corrected chi connectivity index (χ1v) is 15.9. The van der Waals surface area contributed by atoms with Gasteiger partial charge in [0.05, 0.1) is 23.4 Å². The Hall–Kier alpha value is -6.06. The quantitative estimate of drug-likeness (QED) is 0.0431. The maximum atomic E-state index is 13.4. The number of carbonyl (C=O) groups excluding carboxylic acids is 2. The fourth-order valence-electron chi connectivity index (χ4n) is 4.73. The van der Waals surface area contributed by atoms with Gasteiger partial charge >= 0.3 is 6.18 Å². The van der Waals surface area contributed by atoms with Crippen molar-refractivity contribution in [3.05, 3.63) is 125 Å². The van der Waals surface area contributed by atoms with E-state index < -0.39 is 23.2 Å². The second-order valence-electron chi connectivity index (χ2n) is 11.0. The monoisotopic (exact) mass is 700 g/mol. The van der Waals surface area contributed by atoms with E-state index >= 15 is 0 Å². The summed E-state index contributed by atoms with van der Waals surface area (Å²) in [4.78, 5) is 38.7. The fraction of sp³-hybridized carbons (Fsp3) is 0.194. The lowest BCUT2D eigenvalue weighted by Crippen LogP contribution is -2.29. The Morgan fingerprint density at radius 1 is 0.765 bits per heavy atom. The van der Waals surface area contributed by atoms with E-state index in [2.05, 4.69) is 36.2 Å². The van der Waals surface area contributed by atoms with E-state index in [1.54, 1.807) is 24.3 Å². The summed E-state index contributed by atoms with van der Waals surface area (Å²) in [5.74, 6) is -0.918. The topological polar surface area (TPSA) is 154 Å². The smallest absolute Gasteiger partial charge is 0.380 e. The molecule has 0 atom stereocenters. The average molecular weight is 701 g/mol. The second kappa shape index (κ2) is 17.0. The van der Waals surface area contributed by atoms with E-state index in [1.165, 1.54) is 30.3 Å². The predicted octanol–water partition coefficient (Wildman–Crippen LogP) is 7.18. The molecule has 2 amide bonds. The summed E-state index contributed by atoms with van der Waals surface area (Å²) < 4.78 is 45.9. The Bertz CT molecular complexity index is 1910. The van der Waals surface area contributed by atoms with Crippen molar-refractivity contribution in [3.63, 3.8) is 0 Å². The average Bonchev–Trinajstić information content (AvgIpc) is 3.14. The molecule has 0 saturated carbocycles. The Labute approximate surface area is 291 Å². The summed E-state index contributed by atoms with van der Waals surface area (Å²) in [6, 6.07) is 26.2. The van der Waals surface area contributed by atoms with Crippen molar-refractivity contribution in [2.45, 2.75) is 26.1 Å². The molecule has 12 nitrogen and oxygen atoms in total. The van der Waals surface area contributed by atoms with Crippen LogP contribution >= 0.6 is 0 Å². The molecular formula is C36H35F3N8O4. The Balaban J connectivity index is 1.28. The van der Waals surface area contributed by atoms with Gasteiger partial charge in [-0.25, -0.2) is 0 Å². The van der Waals surface area contributed by atoms with Gasteiger partial charge in [-0.2, -0.15) is 33.2 Å². The molecular weight excluding hydrogens is 665 g/mol. The van der Waals surface area contributed by atoms with E-state index in [1.807, 2.05) is 37.3 Å². The number of hydrogen-bond donors (Lipinski definition) is 5. The summed E-state index contributed by atoms with van der Waals surface area (Å²) in [6.07, 6.45) is -3.90. The minimum Gasteiger partial charge on any atom is -0.380 e. The number of rotatable bonds is 15. The van der Waals surface area contributed by atoms with Crippen LogP contribution in [0.25, 0.3) is 0 Å². The zero-order chi connectivity index (χ0) is 36.2. The lowest BCUT2D eigenvalue weighted by atomic mass is 10.1. The third-order valence-electron chi connectivity index (χ3n) is 7.24. The molecule has 5 aromatic rings. The van der Waals surface area contributed by atoms with Crippen LogP contribution in [0.15, 0.2) is 103 Å². The van der Waals surface area contributed by atoms with Crippen LogP contribution in [-0.2, 0) is 17.5 Å². The van der Waals surface area contributed by atoms with Crippen LogP contribution in [0.3, 0.4) is 0 Å². The van der Waals surface area contributed by atoms with Crippen molar-refractivity contribution >= 4 is 46.7 Å². The third kappa shape index (κ3) is 10.2. The summed E-state index contributed by atoms with van der Waals surface area (Å²) >= 11 is 0. The van der Waals surface area contributed by atoms with E-state index in [0.29, 0.717) is 43.2 Å².